The van der Waals surface area contributed by atoms with E-state index in [1.807, 2.05) is 37.3 Å². The van der Waals surface area contributed by atoms with Gasteiger partial charge < -0.3 is 4.74 Å². The van der Waals surface area contributed by atoms with Gasteiger partial charge in [0, 0.05) is 4.47 Å². The molecular weight excluding hydrogens is 304 g/mol. The molecule has 0 spiro atoms. The van der Waals surface area contributed by atoms with E-state index >= 15 is 0 Å². The molecule has 0 aliphatic heterocycles. The summed E-state index contributed by atoms with van der Waals surface area (Å²) in [4.78, 5) is 11.7. The smallest absolute Gasteiger partial charge is 0.338 e. The fourth-order valence-corrected chi connectivity index (χ4v) is 2.11. The lowest BCUT2D eigenvalue weighted by Gasteiger charge is -2.07. The Morgan fingerprint density at radius 3 is 2.58 bits per heavy atom. The monoisotopic (exact) mass is 318 g/mol. The minimum absolute atomic E-state index is 0.279. The number of carbonyl (C=O) groups is 1. The lowest BCUT2D eigenvalue weighted by molar-refractivity contribution is 0.0526. The molecule has 2 nitrogen and oxygen atoms in total. The quantitative estimate of drug-likeness (QED) is 0.773. The van der Waals surface area contributed by atoms with Gasteiger partial charge >= 0.3 is 5.97 Å². The molecule has 0 amide bonds. The van der Waals surface area contributed by atoms with Gasteiger partial charge in [-0.1, -0.05) is 40.2 Å². The Balaban J connectivity index is 2.37. The first kappa shape index (κ1) is 13.8. The zero-order chi connectivity index (χ0) is 13.8. The van der Waals surface area contributed by atoms with Crippen LogP contribution in [0, 0.1) is 6.92 Å². The number of aryl methyl sites for hydroxylation is 1. The molecule has 19 heavy (non-hydrogen) atoms. The second-order valence-electron chi connectivity index (χ2n) is 4.27. The number of hydrogen-bond donors (Lipinski definition) is 0. The Labute approximate surface area is 121 Å². The summed E-state index contributed by atoms with van der Waals surface area (Å²) in [6.07, 6.45) is 0. The predicted molar refractivity (Wildman–Crippen MR) is 80.3 cm³/mol. The molecule has 0 saturated heterocycles. The van der Waals surface area contributed by atoms with Crippen molar-refractivity contribution in [3.8, 4) is 11.1 Å². The number of rotatable bonds is 3. The van der Waals surface area contributed by atoms with Crippen molar-refractivity contribution in [3.63, 3.8) is 0 Å². The van der Waals surface area contributed by atoms with Crippen molar-refractivity contribution in [2.24, 2.45) is 0 Å². The maximum absolute atomic E-state index is 11.7. The highest BCUT2D eigenvalue weighted by Gasteiger charge is 2.08. The molecule has 2 rings (SSSR count). The summed E-state index contributed by atoms with van der Waals surface area (Å²) in [5.41, 5.74) is 3.85. The standard InChI is InChI=1S/C16H15BrO2/c1-3-19-16(18)14-6-4-5-12(10-14)13-7-8-15(17)11(2)9-13/h4-10H,3H2,1-2H3. The summed E-state index contributed by atoms with van der Waals surface area (Å²) in [7, 11) is 0. The van der Waals surface area contributed by atoms with E-state index in [0.29, 0.717) is 12.2 Å². The van der Waals surface area contributed by atoms with Gasteiger partial charge in [0.25, 0.3) is 0 Å². The Hall–Kier alpha value is -1.61. The van der Waals surface area contributed by atoms with Crippen LogP contribution in [0.3, 0.4) is 0 Å². The Bertz CT molecular complexity index is 605. The number of carbonyl (C=O) groups excluding carboxylic acids is 1. The van der Waals surface area contributed by atoms with E-state index in [-0.39, 0.29) is 5.97 Å². The molecule has 0 aliphatic rings. The lowest BCUT2D eigenvalue weighted by Crippen LogP contribution is -2.04. The van der Waals surface area contributed by atoms with Crippen LogP contribution in [0.4, 0.5) is 0 Å². The number of esters is 1. The third-order valence-corrected chi connectivity index (χ3v) is 3.75. The normalized spacial score (nSPS) is 10.3. The third-order valence-electron chi connectivity index (χ3n) is 2.86. The summed E-state index contributed by atoms with van der Waals surface area (Å²) in [6, 6.07) is 13.6. The molecule has 0 atom stereocenters. The molecule has 2 aromatic carbocycles. The van der Waals surface area contributed by atoms with Crippen LogP contribution in [-0.2, 0) is 4.74 Å². The average molecular weight is 319 g/mol. The molecule has 0 N–H and O–H groups in total. The van der Waals surface area contributed by atoms with Crippen molar-refractivity contribution in [1.29, 1.82) is 0 Å². The van der Waals surface area contributed by atoms with E-state index in [1.54, 1.807) is 13.0 Å². The SMILES string of the molecule is CCOC(=O)c1cccc(-c2ccc(Br)c(C)c2)c1. The number of halogens is 1. The molecule has 0 fully saturated rings. The maximum atomic E-state index is 11.7. The first-order valence-electron chi connectivity index (χ1n) is 6.15. The minimum atomic E-state index is -0.279. The van der Waals surface area contributed by atoms with Gasteiger partial charge in [0.15, 0.2) is 0 Å². The van der Waals surface area contributed by atoms with E-state index in [1.165, 1.54) is 5.56 Å². The summed E-state index contributed by atoms with van der Waals surface area (Å²) >= 11 is 3.49. The van der Waals surface area contributed by atoms with E-state index in [9.17, 15) is 4.79 Å². The maximum Gasteiger partial charge on any atom is 0.338 e. The highest BCUT2D eigenvalue weighted by molar-refractivity contribution is 9.10. The third kappa shape index (κ3) is 3.24. The number of benzene rings is 2. The average Bonchev–Trinajstić information content (AvgIpc) is 2.42. The van der Waals surface area contributed by atoms with Gasteiger partial charge in [-0.2, -0.15) is 0 Å². The first-order valence-corrected chi connectivity index (χ1v) is 6.95. The van der Waals surface area contributed by atoms with Gasteiger partial charge in [0.2, 0.25) is 0 Å². The van der Waals surface area contributed by atoms with Crippen molar-refractivity contribution in [1.82, 2.24) is 0 Å². The van der Waals surface area contributed by atoms with Crippen LogP contribution in [0.1, 0.15) is 22.8 Å². The Morgan fingerprint density at radius 2 is 1.89 bits per heavy atom. The second kappa shape index (κ2) is 6.02. The van der Waals surface area contributed by atoms with Gasteiger partial charge in [-0.05, 0) is 48.7 Å². The van der Waals surface area contributed by atoms with E-state index < -0.39 is 0 Å². The molecular formula is C16H15BrO2. The molecule has 0 aliphatic carbocycles. The van der Waals surface area contributed by atoms with Crippen LogP contribution in [0.5, 0.6) is 0 Å². The summed E-state index contributed by atoms with van der Waals surface area (Å²) in [6.45, 7) is 4.24. The Morgan fingerprint density at radius 1 is 1.16 bits per heavy atom. The highest BCUT2D eigenvalue weighted by atomic mass is 79.9. The van der Waals surface area contributed by atoms with Gasteiger partial charge in [-0.3, -0.25) is 0 Å². The zero-order valence-corrected chi connectivity index (χ0v) is 12.5. The van der Waals surface area contributed by atoms with Crippen molar-refractivity contribution >= 4 is 21.9 Å². The predicted octanol–water partition coefficient (Wildman–Crippen LogP) is 4.60. The molecule has 0 bridgehead atoms. The molecule has 0 radical (unpaired) electrons. The second-order valence-corrected chi connectivity index (χ2v) is 5.12. The largest absolute Gasteiger partial charge is 0.462 e. The topological polar surface area (TPSA) is 26.3 Å². The summed E-state index contributed by atoms with van der Waals surface area (Å²) in [5.74, 6) is -0.279. The van der Waals surface area contributed by atoms with Crippen LogP contribution < -0.4 is 0 Å². The summed E-state index contributed by atoms with van der Waals surface area (Å²) < 4.78 is 6.10. The molecule has 0 unspecified atom stereocenters. The molecule has 0 saturated carbocycles. The van der Waals surface area contributed by atoms with Crippen molar-refractivity contribution in [3.05, 3.63) is 58.1 Å². The van der Waals surface area contributed by atoms with Crippen LogP contribution in [0.15, 0.2) is 46.9 Å². The van der Waals surface area contributed by atoms with Crippen LogP contribution >= 0.6 is 15.9 Å². The van der Waals surface area contributed by atoms with E-state index in [4.69, 9.17) is 4.74 Å². The van der Waals surface area contributed by atoms with Gasteiger partial charge in [-0.25, -0.2) is 4.79 Å². The zero-order valence-electron chi connectivity index (χ0n) is 10.9. The summed E-state index contributed by atoms with van der Waals surface area (Å²) in [5, 5.41) is 0. The van der Waals surface area contributed by atoms with E-state index in [2.05, 4.69) is 22.0 Å². The highest BCUT2D eigenvalue weighted by Crippen LogP contribution is 2.25. The minimum Gasteiger partial charge on any atom is -0.462 e. The van der Waals surface area contributed by atoms with Crippen molar-refractivity contribution in [2.45, 2.75) is 13.8 Å². The van der Waals surface area contributed by atoms with Crippen LogP contribution in [-0.4, -0.2) is 12.6 Å². The van der Waals surface area contributed by atoms with Crippen molar-refractivity contribution < 1.29 is 9.53 Å². The molecule has 0 heterocycles. The molecule has 0 aromatic heterocycles. The first-order chi connectivity index (χ1) is 9.11. The van der Waals surface area contributed by atoms with Crippen molar-refractivity contribution in [2.75, 3.05) is 6.61 Å². The molecule has 3 heteroatoms. The fourth-order valence-electron chi connectivity index (χ4n) is 1.86. The number of ether oxygens (including phenoxy) is 1. The fraction of sp³-hybridized carbons (Fsp3) is 0.188. The Kier molecular flexibility index (Phi) is 4.38. The number of hydrogen-bond acceptors (Lipinski definition) is 2. The molecule has 2 aromatic rings. The lowest BCUT2D eigenvalue weighted by atomic mass is 10.0. The van der Waals surface area contributed by atoms with Gasteiger partial charge in [-0.15, -0.1) is 0 Å². The van der Waals surface area contributed by atoms with E-state index in [0.717, 1.165) is 15.6 Å². The van der Waals surface area contributed by atoms with Crippen LogP contribution in [0.25, 0.3) is 11.1 Å². The molecule has 98 valence electrons. The van der Waals surface area contributed by atoms with Gasteiger partial charge in [0.05, 0.1) is 12.2 Å². The van der Waals surface area contributed by atoms with Gasteiger partial charge in [0.1, 0.15) is 0 Å². The van der Waals surface area contributed by atoms with Crippen LogP contribution in [0.2, 0.25) is 0 Å².